The Kier molecular flexibility index (Phi) is 6.18. The smallest absolute Gasteiger partial charge is 0.251 e. The fourth-order valence-electron chi connectivity index (χ4n) is 4.55. The van der Waals surface area contributed by atoms with Crippen LogP contribution in [0, 0.1) is 0 Å². The third-order valence-electron chi connectivity index (χ3n) is 6.39. The van der Waals surface area contributed by atoms with E-state index in [2.05, 4.69) is 9.80 Å². The van der Waals surface area contributed by atoms with E-state index in [-0.39, 0.29) is 18.2 Å². The molecule has 2 saturated heterocycles. The van der Waals surface area contributed by atoms with Crippen molar-refractivity contribution in [2.45, 2.75) is 12.5 Å². The van der Waals surface area contributed by atoms with Crippen LogP contribution in [0.25, 0.3) is 0 Å². The van der Waals surface area contributed by atoms with Crippen LogP contribution in [0.3, 0.4) is 0 Å². The van der Waals surface area contributed by atoms with Gasteiger partial charge in [-0.15, -0.1) is 0 Å². The third kappa shape index (κ3) is 4.47. The van der Waals surface area contributed by atoms with Gasteiger partial charge in [0, 0.05) is 31.9 Å². The quantitative estimate of drug-likeness (QED) is 0.523. The Labute approximate surface area is 199 Å². The molecule has 1 atom stereocenters. The van der Waals surface area contributed by atoms with Gasteiger partial charge in [0.15, 0.2) is 0 Å². The van der Waals surface area contributed by atoms with Gasteiger partial charge in [0.25, 0.3) is 5.91 Å². The standard InChI is InChI=1S/C27H27N3O4/c1-33-22-11-7-20(8-12-22)28-15-17-29(18-16-28)25-19-26(31)30(27(25)32)21-9-13-24(14-10-21)34-23-5-3-2-4-6-23/h2-14,25H,15-19H2,1H3/t25-/m0/s1. The molecule has 3 aromatic carbocycles. The highest BCUT2D eigenvalue weighted by atomic mass is 16.5. The summed E-state index contributed by atoms with van der Waals surface area (Å²) in [6.45, 7) is 3.06. The third-order valence-corrected chi connectivity index (χ3v) is 6.39. The maximum absolute atomic E-state index is 13.2. The molecule has 2 heterocycles. The summed E-state index contributed by atoms with van der Waals surface area (Å²) in [6.07, 6.45) is 0.212. The maximum Gasteiger partial charge on any atom is 0.251 e. The van der Waals surface area contributed by atoms with E-state index in [0.717, 1.165) is 43.4 Å². The maximum atomic E-state index is 13.2. The monoisotopic (exact) mass is 457 g/mol. The van der Waals surface area contributed by atoms with E-state index >= 15 is 0 Å². The number of nitrogens with zero attached hydrogens (tertiary/aromatic N) is 3. The van der Waals surface area contributed by atoms with Crippen molar-refractivity contribution >= 4 is 23.2 Å². The first-order valence-electron chi connectivity index (χ1n) is 11.5. The van der Waals surface area contributed by atoms with Crippen molar-refractivity contribution in [2.75, 3.05) is 43.1 Å². The number of piperazine rings is 1. The van der Waals surface area contributed by atoms with Crippen LogP contribution in [-0.2, 0) is 9.59 Å². The molecule has 2 fully saturated rings. The van der Waals surface area contributed by atoms with Gasteiger partial charge in [-0.2, -0.15) is 0 Å². The summed E-state index contributed by atoms with van der Waals surface area (Å²) in [7, 11) is 1.66. The molecule has 0 aliphatic carbocycles. The molecule has 0 unspecified atom stereocenters. The number of methoxy groups -OCH3 is 1. The number of para-hydroxylation sites is 1. The molecular weight excluding hydrogens is 430 g/mol. The van der Waals surface area contributed by atoms with Gasteiger partial charge in [-0.05, 0) is 60.7 Å². The minimum absolute atomic E-state index is 0.153. The molecule has 3 aromatic rings. The van der Waals surface area contributed by atoms with E-state index in [4.69, 9.17) is 9.47 Å². The lowest BCUT2D eigenvalue weighted by atomic mass is 10.1. The van der Waals surface area contributed by atoms with Gasteiger partial charge >= 0.3 is 0 Å². The summed E-state index contributed by atoms with van der Waals surface area (Å²) in [4.78, 5) is 31.7. The predicted octanol–water partition coefficient (Wildman–Crippen LogP) is 3.94. The molecule has 2 aliphatic rings. The van der Waals surface area contributed by atoms with Gasteiger partial charge in [0.2, 0.25) is 5.91 Å². The predicted molar refractivity (Wildman–Crippen MR) is 131 cm³/mol. The number of amides is 2. The van der Waals surface area contributed by atoms with E-state index in [1.165, 1.54) is 4.90 Å². The minimum Gasteiger partial charge on any atom is -0.497 e. The van der Waals surface area contributed by atoms with Crippen molar-refractivity contribution in [1.82, 2.24) is 4.90 Å². The zero-order valence-electron chi connectivity index (χ0n) is 19.1. The molecule has 5 rings (SSSR count). The van der Waals surface area contributed by atoms with Gasteiger partial charge in [-0.25, -0.2) is 4.90 Å². The molecule has 7 nitrogen and oxygen atoms in total. The number of benzene rings is 3. The number of carbonyl (C=O) groups excluding carboxylic acids is 2. The van der Waals surface area contributed by atoms with Crippen LogP contribution in [0.5, 0.6) is 17.2 Å². The van der Waals surface area contributed by atoms with Gasteiger partial charge in [-0.3, -0.25) is 14.5 Å². The lowest BCUT2D eigenvalue weighted by Gasteiger charge is -2.38. The Morgan fingerprint density at radius 1 is 0.706 bits per heavy atom. The molecular formula is C27H27N3O4. The topological polar surface area (TPSA) is 62.3 Å². The van der Waals surface area contributed by atoms with Crippen molar-refractivity contribution < 1.29 is 19.1 Å². The zero-order valence-corrected chi connectivity index (χ0v) is 19.1. The number of carbonyl (C=O) groups is 2. The van der Waals surface area contributed by atoms with E-state index in [0.29, 0.717) is 11.4 Å². The molecule has 0 bridgehead atoms. The Balaban J connectivity index is 1.21. The molecule has 2 aliphatic heterocycles. The zero-order chi connectivity index (χ0) is 23.5. The second-order valence-corrected chi connectivity index (χ2v) is 8.42. The highest BCUT2D eigenvalue weighted by Crippen LogP contribution is 2.30. The fourth-order valence-corrected chi connectivity index (χ4v) is 4.55. The van der Waals surface area contributed by atoms with Crippen molar-refractivity contribution in [2.24, 2.45) is 0 Å². The molecule has 34 heavy (non-hydrogen) atoms. The number of imide groups is 1. The van der Waals surface area contributed by atoms with E-state index in [1.807, 2.05) is 54.6 Å². The molecule has 0 spiro atoms. The average Bonchev–Trinajstić information content (AvgIpc) is 3.19. The lowest BCUT2D eigenvalue weighted by Crippen LogP contribution is -2.52. The summed E-state index contributed by atoms with van der Waals surface area (Å²) < 4.78 is 11.1. The largest absolute Gasteiger partial charge is 0.497 e. The Morgan fingerprint density at radius 2 is 1.29 bits per heavy atom. The number of hydrogen-bond acceptors (Lipinski definition) is 6. The molecule has 7 heteroatoms. The number of hydrogen-bond donors (Lipinski definition) is 0. The van der Waals surface area contributed by atoms with Crippen LogP contribution >= 0.6 is 0 Å². The number of ether oxygens (including phenoxy) is 2. The summed E-state index contributed by atoms with van der Waals surface area (Å²) in [6, 6.07) is 24.2. The van der Waals surface area contributed by atoms with Gasteiger partial charge in [-0.1, -0.05) is 18.2 Å². The summed E-state index contributed by atoms with van der Waals surface area (Å²) >= 11 is 0. The van der Waals surface area contributed by atoms with Crippen LogP contribution in [0.1, 0.15) is 6.42 Å². The van der Waals surface area contributed by atoms with Gasteiger partial charge in [0.1, 0.15) is 17.2 Å². The van der Waals surface area contributed by atoms with Crippen molar-refractivity contribution in [1.29, 1.82) is 0 Å². The van der Waals surface area contributed by atoms with E-state index in [1.54, 1.807) is 31.4 Å². The molecule has 0 N–H and O–H groups in total. The second-order valence-electron chi connectivity index (χ2n) is 8.42. The highest BCUT2D eigenvalue weighted by Gasteiger charge is 2.43. The number of rotatable bonds is 6. The summed E-state index contributed by atoms with van der Waals surface area (Å²) in [5.41, 5.74) is 1.71. The van der Waals surface area contributed by atoms with Crippen LogP contribution in [0.2, 0.25) is 0 Å². The minimum atomic E-state index is -0.411. The molecule has 0 aromatic heterocycles. The van der Waals surface area contributed by atoms with Crippen LogP contribution in [0.4, 0.5) is 11.4 Å². The normalized spacial score (nSPS) is 18.9. The Bertz CT molecular complexity index is 1140. The van der Waals surface area contributed by atoms with Gasteiger partial charge < -0.3 is 14.4 Å². The van der Waals surface area contributed by atoms with E-state index in [9.17, 15) is 9.59 Å². The summed E-state index contributed by atoms with van der Waals surface area (Å²) in [5.74, 6) is 1.90. The van der Waals surface area contributed by atoms with E-state index < -0.39 is 6.04 Å². The first kappa shape index (κ1) is 22.0. The molecule has 0 saturated carbocycles. The van der Waals surface area contributed by atoms with Gasteiger partial charge in [0.05, 0.1) is 25.3 Å². The van der Waals surface area contributed by atoms with Crippen LogP contribution < -0.4 is 19.3 Å². The Hall–Kier alpha value is -3.84. The van der Waals surface area contributed by atoms with Crippen molar-refractivity contribution in [3.05, 3.63) is 78.9 Å². The SMILES string of the molecule is COc1ccc(N2CCN([C@H]3CC(=O)N(c4ccc(Oc5ccccc5)cc4)C3=O)CC2)cc1. The fraction of sp³-hybridized carbons (Fsp3) is 0.259. The first-order chi connectivity index (χ1) is 16.6. The van der Waals surface area contributed by atoms with Crippen molar-refractivity contribution in [3.63, 3.8) is 0 Å². The first-order valence-corrected chi connectivity index (χ1v) is 11.5. The van der Waals surface area contributed by atoms with Crippen LogP contribution in [-0.4, -0.2) is 56.0 Å². The van der Waals surface area contributed by atoms with Crippen molar-refractivity contribution in [3.8, 4) is 17.2 Å². The number of anilines is 2. The highest BCUT2D eigenvalue weighted by molar-refractivity contribution is 6.22. The Morgan fingerprint density at radius 3 is 1.94 bits per heavy atom. The molecule has 2 amide bonds. The lowest BCUT2D eigenvalue weighted by molar-refractivity contribution is -0.123. The second kappa shape index (κ2) is 9.57. The summed E-state index contributed by atoms with van der Waals surface area (Å²) in [5, 5.41) is 0. The molecule has 174 valence electrons. The van der Waals surface area contributed by atoms with Crippen LogP contribution in [0.15, 0.2) is 78.9 Å². The average molecular weight is 458 g/mol. The molecule has 0 radical (unpaired) electrons.